The van der Waals surface area contributed by atoms with Gasteiger partial charge in [0.05, 0.1) is 25.3 Å². The number of benzene rings is 1. The van der Waals surface area contributed by atoms with E-state index in [2.05, 4.69) is 10.6 Å². The van der Waals surface area contributed by atoms with Gasteiger partial charge in [0.2, 0.25) is 0 Å². The van der Waals surface area contributed by atoms with Crippen LogP contribution in [-0.2, 0) is 0 Å². The summed E-state index contributed by atoms with van der Waals surface area (Å²) in [6, 6.07) is 3.79. The van der Waals surface area contributed by atoms with E-state index in [0.717, 1.165) is 6.42 Å². The van der Waals surface area contributed by atoms with E-state index in [4.69, 9.17) is 4.74 Å². The smallest absolute Gasteiger partial charge is 0.315 e. The van der Waals surface area contributed by atoms with Crippen LogP contribution in [0.5, 0.6) is 5.75 Å². The first-order chi connectivity index (χ1) is 11.0. The molecule has 3 N–H and O–H groups in total. The normalized spacial score (nSPS) is 18.6. The summed E-state index contributed by atoms with van der Waals surface area (Å²) in [5.74, 6) is 0.175. The fourth-order valence-corrected chi connectivity index (χ4v) is 2.85. The molecular weight excluding hydrogens is 299 g/mol. The highest BCUT2D eigenvalue weighted by molar-refractivity contribution is 5.75. The molecular formula is C17H25FN2O3. The van der Waals surface area contributed by atoms with Crippen LogP contribution in [0.2, 0.25) is 0 Å². The van der Waals surface area contributed by atoms with E-state index in [1.165, 1.54) is 6.07 Å². The number of aliphatic hydroxyl groups is 1. The van der Waals surface area contributed by atoms with Crippen LogP contribution in [0.15, 0.2) is 18.2 Å². The molecule has 0 radical (unpaired) electrons. The van der Waals surface area contributed by atoms with Gasteiger partial charge in [0, 0.05) is 5.56 Å². The van der Waals surface area contributed by atoms with Crippen molar-refractivity contribution in [2.45, 2.75) is 45.2 Å². The van der Waals surface area contributed by atoms with E-state index in [1.807, 2.05) is 13.8 Å². The summed E-state index contributed by atoms with van der Waals surface area (Å²) in [6.45, 7) is 4.39. The number of halogens is 1. The Balaban J connectivity index is 2.05. The molecule has 0 aromatic heterocycles. The molecule has 1 aliphatic rings. The largest absolute Gasteiger partial charge is 0.490 e. The van der Waals surface area contributed by atoms with Gasteiger partial charge in [-0.2, -0.15) is 0 Å². The monoisotopic (exact) mass is 324 g/mol. The van der Waals surface area contributed by atoms with Crippen molar-refractivity contribution in [1.29, 1.82) is 0 Å². The molecule has 0 spiro atoms. The van der Waals surface area contributed by atoms with Gasteiger partial charge in [-0.1, -0.05) is 26.0 Å². The summed E-state index contributed by atoms with van der Waals surface area (Å²) in [6.07, 6.45) is 2.11. The van der Waals surface area contributed by atoms with Crippen LogP contribution in [0.3, 0.4) is 0 Å². The number of fused-ring (bicyclic) bond motifs is 1. The van der Waals surface area contributed by atoms with Crippen LogP contribution in [0, 0.1) is 11.7 Å². The first-order valence-electron chi connectivity index (χ1n) is 8.10. The molecule has 128 valence electrons. The molecule has 2 amide bonds. The third-order valence-electron chi connectivity index (χ3n) is 3.87. The predicted molar refractivity (Wildman–Crippen MR) is 85.9 cm³/mol. The zero-order valence-electron chi connectivity index (χ0n) is 13.6. The van der Waals surface area contributed by atoms with Crippen molar-refractivity contribution in [3.63, 3.8) is 0 Å². The number of rotatable bonds is 5. The van der Waals surface area contributed by atoms with Gasteiger partial charge >= 0.3 is 6.03 Å². The number of urea groups is 1. The Morgan fingerprint density at radius 1 is 1.48 bits per heavy atom. The van der Waals surface area contributed by atoms with E-state index in [-0.39, 0.29) is 30.5 Å². The van der Waals surface area contributed by atoms with E-state index in [9.17, 15) is 14.3 Å². The minimum absolute atomic E-state index is 0.107. The lowest BCUT2D eigenvalue weighted by atomic mass is 10.0. The summed E-state index contributed by atoms with van der Waals surface area (Å²) in [7, 11) is 0. The lowest BCUT2D eigenvalue weighted by molar-refractivity contribution is 0.204. The Bertz CT molecular complexity index is 537. The number of amides is 2. The number of aliphatic hydroxyl groups excluding tert-OH is 1. The standard InChI is InChI=1S/C17H25FN2O3/c1-11(2)9-12(10-21)19-17(22)20-15-7-4-8-23-16-13(15)5-3-6-14(16)18/h3,5-6,11-12,15,21H,4,7-10H2,1-2H3,(H2,19,20,22). The Kier molecular flexibility index (Phi) is 6.21. The molecule has 0 aliphatic carbocycles. The highest BCUT2D eigenvalue weighted by Crippen LogP contribution is 2.33. The van der Waals surface area contributed by atoms with E-state index < -0.39 is 5.82 Å². The van der Waals surface area contributed by atoms with Crippen molar-refractivity contribution in [3.05, 3.63) is 29.6 Å². The average Bonchev–Trinajstić information content (AvgIpc) is 2.70. The molecule has 0 bridgehead atoms. The third-order valence-corrected chi connectivity index (χ3v) is 3.87. The summed E-state index contributed by atoms with van der Waals surface area (Å²) < 4.78 is 19.3. The summed E-state index contributed by atoms with van der Waals surface area (Å²) >= 11 is 0. The summed E-state index contributed by atoms with van der Waals surface area (Å²) in [5.41, 5.74) is 0.655. The Morgan fingerprint density at radius 3 is 2.96 bits per heavy atom. The van der Waals surface area contributed by atoms with Crippen LogP contribution >= 0.6 is 0 Å². The zero-order valence-corrected chi connectivity index (χ0v) is 13.6. The molecule has 2 rings (SSSR count). The first-order valence-corrected chi connectivity index (χ1v) is 8.10. The fourth-order valence-electron chi connectivity index (χ4n) is 2.85. The Hall–Kier alpha value is -1.82. The summed E-state index contributed by atoms with van der Waals surface area (Å²) in [5, 5.41) is 15.0. The van der Waals surface area contributed by atoms with Gasteiger partial charge in [0.15, 0.2) is 11.6 Å². The molecule has 0 saturated heterocycles. The molecule has 2 unspecified atom stereocenters. The van der Waals surface area contributed by atoms with E-state index in [0.29, 0.717) is 30.9 Å². The SMILES string of the molecule is CC(C)CC(CO)NC(=O)NC1CCCOc2c(F)cccc21. The van der Waals surface area contributed by atoms with Crippen molar-refractivity contribution >= 4 is 6.03 Å². The van der Waals surface area contributed by atoms with Crippen molar-refractivity contribution < 1.29 is 19.0 Å². The maximum Gasteiger partial charge on any atom is 0.315 e. The highest BCUT2D eigenvalue weighted by Gasteiger charge is 2.24. The number of para-hydroxylation sites is 1. The van der Waals surface area contributed by atoms with Crippen molar-refractivity contribution in [1.82, 2.24) is 10.6 Å². The summed E-state index contributed by atoms with van der Waals surface area (Å²) in [4.78, 5) is 12.2. The molecule has 0 fully saturated rings. The van der Waals surface area contributed by atoms with E-state index in [1.54, 1.807) is 12.1 Å². The topological polar surface area (TPSA) is 70.6 Å². The van der Waals surface area contributed by atoms with Gasteiger partial charge < -0.3 is 20.5 Å². The lowest BCUT2D eigenvalue weighted by Gasteiger charge is -2.22. The van der Waals surface area contributed by atoms with Crippen LogP contribution in [-0.4, -0.2) is 30.4 Å². The third kappa shape index (κ3) is 4.82. The second-order valence-electron chi connectivity index (χ2n) is 6.33. The highest BCUT2D eigenvalue weighted by atomic mass is 19.1. The molecule has 5 nitrogen and oxygen atoms in total. The molecule has 1 aromatic carbocycles. The maximum absolute atomic E-state index is 13.9. The molecule has 0 saturated carbocycles. The van der Waals surface area contributed by atoms with Crippen LogP contribution < -0.4 is 15.4 Å². The second-order valence-corrected chi connectivity index (χ2v) is 6.33. The zero-order chi connectivity index (χ0) is 16.8. The second kappa shape index (κ2) is 8.15. The minimum Gasteiger partial charge on any atom is -0.490 e. The number of hydrogen-bond acceptors (Lipinski definition) is 3. The quantitative estimate of drug-likeness (QED) is 0.780. The van der Waals surface area contributed by atoms with Crippen molar-refractivity contribution in [2.75, 3.05) is 13.2 Å². The number of nitrogens with one attached hydrogen (secondary N) is 2. The minimum atomic E-state index is -0.412. The molecule has 1 aromatic rings. The van der Waals surface area contributed by atoms with Crippen molar-refractivity contribution in [3.8, 4) is 5.75 Å². The average molecular weight is 324 g/mol. The number of hydrogen-bond donors (Lipinski definition) is 3. The van der Waals surface area contributed by atoms with Gasteiger partial charge in [0.25, 0.3) is 0 Å². The number of carbonyl (C=O) groups excluding carboxylic acids is 1. The predicted octanol–water partition coefficient (Wildman–Crippen LogP) is 2.75. The van der Waals surface area contributed by atoms with Gasteiger partial charge in [0.1, 0.15) is 0 Å². The number of carbonyl (C=O) groups is 1. The lowest BCUT2D eigenvalue weighted by Crippen LogP contribution is -2.45. The van der Waals surface area contributed by atoms with Gasteiger partial charge in [-0.05, 0) is 31.2 Å². The number of ether oxygens (including phenoxy) is 1. The molecule has 2 atom stereocenters. The van der Waals surface area contributed by atoms with Gasteiger partial charge in [-0.3, -0.25) is 0 Å². The van der Waals surface area contributed by atoms with Crippen LogP contribution in [0.1, 0.15) is 44.7 Å². The van der Waals surface area contributed by atoms with Gasteiger partial charge in [-0.15, -0.1) is 0 Å². The fraction of sp³-hybridized carbons (Fsp3) is 0.588. The van der Waals surface area contributed by atoms with Gasteiger partial charge in [-0.25, -0.2) is 9.18 Å². The maximum atomic E-state index is 13.9. The molecule has 1 aliphatic heterocycles. The first kappa shape index (κ1) is 17.5. The molecule has 23 heavy (non-hydrogen) atoms. The van der Waals surface area contributed by atoms with Crippen LogP contribution in [0.4, 0.5) is 9.18 Å². The van der Waals surface area contributed by atoms with E-state index >= 15 is 0 Å². The Morgan fingerprint density at radius 2 is 2.26 bits per heavy atom. The molecule has 6 heteroatoms. The van der Waals surface area contributed by atoms with Crippen molar-refractivity contribution in [2.24, 2.45) is 5.92 Å². The Labute approximate surface area is 136 Å². The van der Waals surface area contributed by atoms with Crippen LogP contribution in [0.25, 0.3) is 0 Å². The molecule has 1 heterocycles.